The summed E-state index contributed by atoms with van der Waals surface area (Å²) in [5.74, 6) is 1.37. The molecule has 0 amide bonds. The molecule has 3 N–H and O–H groups in total. The zero-order valence-corrected chi connectivity index (χ0v) is 10.1. The Morgan fingerprint density at radius 2 is 2.24 bits per heavy atom. The van der Waals surface area contributed by atoms with E-state index in [1.165, 1.54) is 6.07 Å². The number of nitrogens with one attached hydrogen (secondary N) is 1. The van der Waals surface area contributed by atoms with Gasteiger partial charge in [0.25, 0.3) is 0 Å². The fourth-order valence-corrected chi connectivity index (χ4v) is 2.52. The van der Waals surface area contributed by atoms with Gasteiger partial charge in [0, 0.05) is 5.69 Å². The minimum absolute atomic E-state index is 0.158. The van der Waals surface area contributed by atoms with Crippen molar-refractivity contribution in [3.63, 3.8) is 0 Å². The second-order valence-corrected chi connectivity index (χ2v) is 5.12. The normalized spacial score (nSPS) is 13.0. The second-order valence-electron chi connectivity index (χ2n) is 3.44. The second kappa shape index (κ2) is 5.17. The third-order valence-electron chi connectivity index (χ3n) is 2.15. The smallest absolute Gasteiger partial charge is 0.244 e. The van der Waals surface area contributed by atoms with E-state index in [2.05, 4.69) is 10.6 Å². The SMILES string of the molecule is C#CC(CC)NS(=O)(=O)c1ccc(N)cc1F. The van der Waals surface area contributed by atoms with Gasteiger partial charge < -0.3 is 5.73 Å². The Morgan fingerprint density at radius 1 is 1.59 bits per heavy atom. The van der Waals surface area contributed by atoms with Crippen molar-refractivity contribution in [3.8, 4) is 12.3 Å². The van der Waals surface area contributed by atoms with Crippen LogP contribution in [0, 0.1) is 18.2 Å². The van der Waals surface area contributed by atoms with Crippen LogP contribution in [-0.2, 0) is 10.0 Å². The fraction of sp³-hybridized carbons (Fsp3) is 0.273. The number of nitrogen functional groups attached to an aromatic ring is 1. The first-order chi connectivity index (χ1) is 7.90. The van der Waals surface area contributed by atoms with Gasteiger partial charge in [0.15, 0.2) is 0 Å². The van der Waals surface area contributed by atoms with Crippen LogP contribution in [0.4, 0.5) is 10.1 Å². The van der Waals surface area contributed by atoms with Crippen molar-refractivity contribution < 1.29 is 12.8 Å². The minimum Gasteiger partial charge on any atom is -0.399 e. The maximum Gasteiger partial charge on any atom is 0.244 e. The summed E-state index contributed by atoms with van der Waals surface area (Å²) < 4.78 is 39.3. The molecular weight excluding hydrogens is 243 g/mol. The molecule has 92 valence electrons. The first-order valence-corrected chi connectivity index (χ1v) is 6.42. The van der Waals surface area contributed by atoms with Crippen molar-refractivity contribution in [2.24, 2.45) is 0 Å². The van der Waals surface area contributed by atoms with E-state index in [0.29, 0.717) is 6.42 Å². The molecule has 4 nitrogen and oxygen atoms in total. The molecule has 0 spiro atoms. The number of halogens is 1. The number of hydrogen-bond donors (Lipinski definition) is 2. The first-order valence-electron chi connectivity index (χ1n) is 4.94. The quantitative estimate of drug-likeness (QED) is 0.626. The van der Waals surface area contributed by atoms with Crippen LogP contribution in [0.3, 0.4) is 0 Å². The molecule has 0 aromatic heterocycles. The molecule has 0 saturated heterocycles. The Labute approximate surface area is 100 Å². The van der Waals surface area contributed by atoms with Crippen LogP contribution < -0.4 is 10.5 Å². The van der Waals surface area contributed by atoms with Crippen LogP contribution in [0.25, 0.3) is 0 Å². The van der Waals surface area contributed by atoms with Gasteiger partial charge in [-0.05, 0) is 24.6 Å². The summed E-state index contributed by atoms with van der Waals surface area (Å²) in [4.78, 5) is -0.458. The molecule has 0 heterocycles. The van der Waals surface area contributed by atoms with Crippen molar-refractivity contribution in [1.82, 2.24) is 4.72 Å². The molecule has 0 radical (unpaired) electrons. The van der Waals surface area contributed by atoms with Crippen LogP contribution in [0.5, 0.6) is 0 Å². The molecule has 0 saturated carbocycles. The molecule has 0 aliphatic heterocycles. The fourth-order valence-electron chi connectivity index (χ4n) is 1.22. The van der Waals surface area contributed by atoms with E-state index in [1.54, 1.807) is 6.92 Å². The van der Waals surface area contributed by atoms with E-state index in [0.717, 1.165) is 12.1 Å². The Hall–Kier alpha value is -1.58. The number of sulfonamides is 1. The van der Waals surface area contributed by atoms with Crippen LogP contribution >= 0.6 is 0 Å². The lowest BCUT2D eigenvalue weighted by Gasteiger charge is -2.12. The highest BCUT2D eigenvalue weighted by atomic mass is 32.2. The molecule has 6 heteroatoms. The van der Waals surface area contributed by atoms with Crippen molar-refractivity contribution in [1.29, 1.82) is 0 Å². The molecule has 0 bridgehead atoms. The van der Waals surface area contributed by atoms with Crippen LogP contribution in [0.2, 0.25) is 0 Å². The zero-order chi connectivity index (χ0) is 13.1. The van der Waals surface area contributed by atoms with Gasteiger partial charge in [-0.2, -0.15) is 4.72 Å². The molecule has 0 aliphatic rings. The summed E-state index contributed by atoms with van der Waals surface area (Å²) >= 11 is 0. The standard InChI is InChI=1S/C11H13FN2O2S/c1-3-9(4-2)14-17(15,16)11-6-5-8(13)7-10(11)12/h1,5-7,9,14H,4,13H2,2H3. The van der Waals surface area contributed by atoms with E-state index in [1.807, 2.05) is 0 Å². The lowest BCUT2D eigenvalue weighted by molar-refractivity contribution is 0.550. The monoisotopic (exact) mass is 256 g/mol. The highest BCUT2D eigenvalue weighted by Gasteiger charge is 2.21. The molecule has 0 fully saturated rings. The predicted octanol–water partition coefficient (Wildman–Crippen LogP) is 1.10. The summed E-state index contributed by atoms with van der Waals surface area (Å²) in [6, 6.07) is 2.72. The lowest BCUT2D eigenvalue weighted by Crippen LogP contribution is -2.33. The zero-order valence-electron chi connectivity index (χ0n) is 9.27. The van der Waals surface area contributed by atoms with Gasteiger partial charge in [-0.1, -0.05) is 12.8 Å². The van der Waals surface area contributed by atoms with E-state index in [4.69, 9.17) is 12.2 Å². The predicted molar refractivity (Wildman–Crippen MR) is 64.0 cm³/mol. The highest BCUT2D eigenvalue weighted by Crippen LogP contribution is 2.17. The molecule has 1 rings (SSSR count). The Bertz CT molecular complexity index is 549. The van der Waals surface area contributed by atoms with Gasteiger partial charge in [0.1, 0.15) is 10.7 Å². The van der Waals surface area contributed by atoms with E-state index in [-0.39, 0.29) is 5.69 Å². The lowest BCUT2D eigenvalue weighted by atomic mass is 10.3. The summed E-state index contributed by atoms with van der Waals surface area (Å²) in [5, 5.41) is 0. The molecule has 1 aromatic rings. The van der Waals surface area contributed by atoms with Gasteiger partial charge in [0.2, 0.25) is 10.0 Å². The Kier molecular flexibility index (Phi) is 4.10. The molecule has 1 unspecified atom stereocenters. The average molecular weight is 256 g/mol. The van der Waals surface area contributed by atoms with Crippen LogP contribution in [0.1, 0.15) is 13.3 Å². The van der Waals surface area contributed by atoms with Crippen molar-refractivity contribution in [2.45, 2.75) is 24.3 Å². The van der Waals surface area contributed by atoms with E-state index >= 15 is 0 Å². The topological polar surface area (TPSA) is 72.2 Å². The largest absolute Gasteiger partial charge is 0.399 e. The molecule has 1 atom stereocenters. The average Bonchev–Trinajstić information content (AvgIpc) is 2.25. The Morgan fingerprint density at radius 3 is 2.71 bits per heavy atom. The number of hydrogen-bond acceptors (Lipinski definition) is 3. The van der Waals surface area contributed by atoms with Gasteiger partial charge in [0.05, 0.1) is 6.04 Å². The summed E-state index contributed by atoms with van der Waals surface area (Å²) in [6.07, 6.45) is 5.56. The summed E-state index contributed by atoms with van der Waals surface area (Å²) in [7, 11) is -3.95. The van der Waals surface area contributed by atoms with Gasteiger partial charge in [-0.3, -0.25) is 0 Å². The van der Waals surface area contributed by atoms with Crippen LogP contribution in [0.15, 0.2) is 23.1 Å². The van der Waals surface area contributed by atoms with E-state index in [9.17, 15) is 12.8 Å². The third kappa shape index (κ3) is 3.19. The summed E-state index contributed by atoms with van der Waals surface area (Å²) in [6.45, 7) is 1.73. The number of benzene rings is 1. The number of anilines is 1. The van der Waals surface area contributed by atoms with Gasteiger partial charge in [-0.25, -0.2) is 12.8 Å². The summed E-state index contributed by atoms with van der Waals surface area (Å²) in [5.41, 5.74) is 5.49. The third-order valence-corrected chi connectivity index (χ3v) is 3.66. The van der Waals surface area contributed by atoms with Crippen molar-refractivity contribution in [2.75, 3.05) is 5.73 Å². The molecule has 0 aliphatic carbocycles. The Balaban J connectivity index is 3.10. The molecule has 17 heavy (non-hydrogen) atoms. The molecule has 1 aromatic carbocycles. The maximum absolute atomic E-state index is 13.5. The number of terminal acetylenes is 1. The minimum atomic E-state index is -3.95. The molecular formula is C11H13FN2O2S. The van der Waals surface area contributed by atoms with Crippen molar-refractivity contribution in [3.05, 3.63) is 24.0 Å². The van der Waals surface area contributed by atoms with Gasteiger partial charge in [-0.15, -0.1) is 6.42 Å². The van der Waals surface area contributed by atoms with Crippen LogP contribution in [-0.4, -0.2) is 14.5 Å². The first kappa shape index (κ1) is 13.5. The number of nitrogens with two attached hydrogens (primary N) is 1. The van der Waals surface area contributed by atoms with E-state index < -0.39 is 26.8 Å². The van der Waals surface area contributed by atoms with Gasteiger partial charge >= 0.3 is 0 Å². The van der Waals surface area contributed by atoms with Crippen molar-refractivity contribution >= 4 is 15.7 Å². The number of rotatable bonds is 4. The highest BCUT2D eigenvalue weighted by molar-refractivity contribution is 7.89. The maximum atomic E-state index is 13.5.